The SMILES string of the molecule is O=C(O)CNC(=O)N1N=C(c2cncc(F)c2)C2=CCC(=O)C(Cc3ccccc3)C2=C1O. The van der Waals surface area contributed by atoms with Gasteiger partial charge in [-0.2, -0.15) is 5.10 Å². The van der Waals surface area contributed by atoms with Crippen molar-refractivity contribution in [2.24, 2.45) is 11.0 Å². The monoisotopic (exact) mass is 450 g/mol. The first kappa shape index (κ1) is 21.9. The maximum absolute atomic E-state index is 13.9. The molecule has 0 bridgehead atoms. The second-order valence-electron chi connectivity index (χ2n) is 7.47. The van der Waals surface area contributed by atoms with E-state index in [0.717, 1.165) is 11.8 Å². The predicted molar refractivity (Wildman–Crippen MR) is 115 cm³/mol. The molecule has 3 N–H and O–H groups in total. The number of rotatable bonds is 5. The molecule has 2 aliphatic rings. The van der Waals surface area contributed by atoms with Gasteiger partial charge in [-0.1, -0.05) is 36.4 Å². The van der Waals surface area contributed by atoms with Gasteiger partial charge in [-0.15, -0.1) is 5.01 Å². The zero-order chi connectivity index (χ0) is 23.5. The average molecular weight is 450 g/mol. The average Bonchev–Trinajstić information content (AvgIpc) is 2.80. The number of carboxylic acid groups (broad SMARTS) is 1. The highest BCUT2D eigenvalue weighted by Gasteiger charge is 2.40. The highest BCUT2D eigenvalue weighted by atomic mass is 19.1. The fourth-order valence-corrected chi connectivity index (χ4v) is 3.81. The van der Waals surface area contributed by atoms with Gasteiger partial charge in [0.25, 0.3) is 0 Å². The number of hydrogen-bond acceptors (Lipinski definition) is 6. The number of hydrazone groups is 1. The summed E-state index contributed by atoms with van der Waals surface area (Å²) in [6.45, 7) is -0.709. The Morgan fingerprint density at radius 2 is 1.97 bits per heavy atom. The fourth-order valence-electron chi connectivity index (χ4n) is 3.81. The van der Waals surface area contributed by atoms with E-state index in [-0.39, 0.29) is 35.5 Å². The van der Waals surface area contributed by atoms with Crippen molar-refractivity contribution in [1.82, 2.24) is 15.3 Å². The van der Waals surface area contributed by atoms with E-state index < -0.39 is 36.2 Å². The number of Topliss-reactive ketones (excluding diaryl/α,β-unsaturated/α-hetero) is 1. The first-order valence-electron chi connectivity index (χ1n) is 10.0. The van der Waals surface area contributed by atoms with Gasteiger partial charge in [-0.3, -0.25) is 14.6 Å². The number of urea groups is 1. The minimum absolute atomic E-state index is 0.0661. The first-order chi connectivity index (χ1) is 15.8. The molecule has 0 saturated heterocycles. The quantitative estimate of drug-likeness (QED) is 0.641. The number of carbonyl (C=O) groups is 3. The number of benzene rings is 1. The van der Waals surface area contributed by atoms with Crippen LogP contribution < -0.4 is 5.32 Å². The predicted octanol–water partition coefficient (Wildman–Crippen LogP) is 2.56. The second kappa shape index (κ2) is 9.03. The molecule has 1 unspecified atom stereocenters. The van der Waals surface area contributed by atoms with E-state index in [1.807, 2.05) is 30.3 Å². The summed E-state index contributed by atoms with van der Waals surface area (Å²) in [5.41, 5.74) is 1.76. The zero-order valence-electron chi connectivity index (χ0n) is 17.2. The third-order valence-corrected chi connectivity index (χ3v) is 5.28. The molecule has 0 saturated carbocycles. The number of carbonyl (C=O) groups excluding carboxylic acids is 2. The van der Waals surface area contributed by atoms with E-state index >= 15 is 0 Å². The van der Waals surface area contributed by atoms with Crippen molar-refractivity contribution in [2.45, 2.75) is 12.8 Å². The Hall–Kier alpha value is -4.34. The lowest BCUT2D eigenvalue weighted by Gasteiger charge is -2.33. The molecule has 0 radical (unpaired) electrons. The van der Waals surface area contributed by atoms with Crippen LogP contribution in [0.2, 0.25) is 0 Å². The number of ketones is 1. The van der Waals surface area contributed by atoms with Crippen molar-refractivity contribution >= 4 is 23.5 Å². The molecular weight excluding hydrogens is 431 g/mol. The molecule has 4 rings (SSSR count). The summed E-state index contributed by atoms with van der Waals surface area (Å²) < 4.78 is 13.9. The number of aliphatic hydroxyl groups excluding tert-OH is 1. The molecular formula is C23H19FN4O5. The highest BCUT2D eigenvalue weighted by molar-refractivity contribution is 6.18. The van der Waals surface area contributed by atoms with Crippen LogP contribution in [-0.2, 0) is 16.0 Å². The van der Waals surface area contributed by atoms with Gasteiger partial charge >= 0.3 is 12.0 Å². The Balaban J connectivity index is 1.82. The van der Waals surface area contributed by atoms with Crippen LogP contribution in [0.4, 0.5) is 9.18 Å². The summed E-state index contributed by atoms with van der Waals surface area (Å²) in [7, 11) is 0. The van der Waals surface area contributed by atoms with Crippen LogP contribution in [0, 0.1) is 11.7 Å². The van der Waals surface area contributed by atoms with Gasteiger partial charge in [0, 0.05) is 29.3 Å². The zero-order valence-corrected chi connectivity index (χ0v) is 17.2. The molecule has 2 heterocycles. The maximum atomic E-state index is 13.9. The van der Waals surface area contributed by atoms with Crippen LogP contribution in [0.1, 0.15) is 17.5 Å². The van der Waals surface area contributed by atoms with E-state index in [2.05, 4.69) is 15.4 Å². The van der Waals surface area contributed by atoms with Gasteiger partial charge in [-0.25, -0.2) is 9.18 Å². The van der Waals surface area contributed by atoms with E-state index in [1.54, 1.807) is 6.08 Å². The van der Waals surface area contributed by atoms with Crippen LogP contribution in [0.5, 0.6) is 0 Å². The molecule has 0 fully saturated rings. The van der Waals surface area contributed by atoms with E-state index in [4.69, 9.17) is 5.11 Å². The number of hydrogen-bond donors (Lipinski definition) is 3. The van der Waals surface area contributed by atoms with Crippen LogP contribution in [-0.4, -0.2) is 50.2 Å². The number of pyridine rings is 1. The number of amides is 2. The van der Waals surface area contributed by atoms with Crippen molar-refractivity contribution < 1.29 is 29.0 Å². The largest absolute Gasteiger partial charge is 0.493 e. The Morgan fingerprint density at radius 1 is 1.21 bits per heavy atom. The summed E-state index contributed by atoms with van der Waals surface area (Å²) in [6, 6.07) is 9.33. The number of carboxylic acids is 1. The number of allylic oxidation sites excluding steroid dienone is 3. The van der Waals surface area contributed by atoms with Gasteiger partial charge in [0.05, 0.1) is 12.1 Å². The van der Waals surface area contributed by atoms with E-state index in [0.29, 0.717) is 10.6 Å². The lowest BCUT2D eigenvalue weighted by Crippen LogP contribution is -2.43. The number of halogens is 1. The molecule has 2 aromatic rings. The third kappa shape index (κ3) is 4.49. The molecule has 0 spiro atoms. The van der Waals surface area contributed by atoms with Crippen molar-refractivity contribution in [3.63, 3.8) is 0 Å². The Labute approximate surface area is 187 Å². The van der Waals surface area contributed by atoms with Gasteiger partial charge in [0.15, 0.2) is 0 Å². The molecule has 1 atom stereocenters. The molecule has 1 aliphatic carbocycles. The fraction of sp³-hybridized carbons (Fsp3) is 0.174. The minimum atomic E-state index is -1.29. The Morgan fingerprint density at radius 3 is 2.67 bits per heavy atom. The molecule has 1 aromatic carbocycles. The molecule has 1 aliphatic heterocycles. The van der Waals surface area contributed by atoms with Gasteiger partial charge in [0.1, 0.15) is 23.9 Å². The Bertz CT molecular complexity index is 1220. The van der Waals surface area contributed by atoms with Crippen LogP contribution >= 0.6 is 0 Å². The van der Waals surface area contributed by atoms with E-state index in [1.165, 1.54) is 12.3 Å². The minimum Gasteiger partial charge on any atom is -0.493 e. The summed E-state index contributed by atoms with van der Waals surface area (Å²) in [5.74, 6) is -3.48. The number of nitrogens with zero attached hydrogens (tertiary/aromatic N) is 3. The Kier molecular flexibility index (Phi) is 5.99. The standard InChI is InChI=1S/C23H19FN4O5/c24-15-9-14(10-25-11-15)21-16-6-7-18(29)17(8-13-4-2-1-3-5-13)20(16)22(32)28(27-21)23(33)26-12-19(30)31/h1-6,9-11,17,32H,7-8,12H2,(H,26,33)(H,30,31). The van der Waals surface area contributed by atoms with Crippen molar-refractivity contribution in [3.05, 3.63) is 88.8 Å². The van der Waals surface area contributed by atoms with Gasteiger partial charge in [-0.05, 0) is 18.1 Å². The summed E-state index contributed by atoms with van der Waals surface area (Å²) in [4.78, 5) is 40.2. The van der Waals surface area contributed by atoms with Crippen LogP contribution in [0.25, 0.3) is 0 Å². The maximum Gasteiger partial charge on any atom is 0.345 e. The molecule has 9 nitrogen and oxygen atoms in total. The number of fused-ring (bicyclic) bond motifs is 1. The number of aliphatic hydroxyl groups is 1. The van der Waals surface area contributed by atoms with Gasteiger partial charge < -0.3 is 15.5 Å². The van der Waals surface area contributed by atoms with Crippen molar-refractivity contribution in [1.29, 1.82) is 0 Å². The highest BCUT2D eigenvalue weighted by Crippen LogP contribution is 2.38. The smallest absolute Gasteiger partial charge is 0.345 e. The molecule has 33 heavy (non-hydrogen) atoms. The molecule has 1 aromatic heterocycles. The van der Waals surface area contributed by atoms with Gasteiger partial charge in [0.2, 0.25) is 5.88 Å². The lowest BCUT2D eigenvalue weighted by atomic mass is 9.76. The topological polar surface area (TPSA) is 132 Å². The van der Waals surface area contributed by atoms with E-state index in [9.17, 15) is 23.9 Å². The molecule has 168 valence electrons. The summed E-state index contributed by atoms with van der Waals surface area (Å²) >= 11 is 0. The number of aromatic nitrogens is 1. The molecule has 10 heteroatoms. The normalized spacial score (nSPS) is 17.8. The second-order valence-corrected chi connectivity index (χ2v) is 7.47. The van der Waals surface area contributed by atoms with Crippen LogP contribution in [0.3, 0.4) is 0 Å². The summed E-state index contributed by atoms with van der Waals surface area (Å²) in [5, 5.41) is 26.7. The first-order valence-corrected chi connectivity index (χ1v) is 10.0. The lowest BCUT2D eigenvalue weighted by molar-refractivity contribution is -0.135. The molecule has 2 amide bonds. The number of aliphatic carboxylic acids is 1. The summed E-state index contributed by atoms with van der Waals surface area (Å²) in [6.07, 6.45) is 4.26. The van der Waals surface area contributed by atoms with Crippen molar-refractivity contribution in [3.8, 4) is 0 Å². The van der Waals surface area contributed by atoms with Crippen molar-refractivity contribution in [2.75, 3.05) is 6.54 Å². The van der Waals surface area contributed by atoms with Crippen LogP contribution in [0.15, 0.2) is 77.0 Å². The third-order valence-electron chi connectivity index (χ3n) is 5.28. The number of nitrogens with one attached hydrogen (secondary N) is 1.